The maximum atomic E-state index is 11.2. The predicted molar refractivity (Wildman–Crippen MR) is 52.9 cm³/mol. The highest BCUT2D eigenvalue weighted by molar-refractivity contribution is 5.83. The van der Waals surface area contributed by atoms with Crippen LogP contribution in [0.4, 0.5) is 0 Å². The zero-order valence-corrected chi connectivity index (χ0v) is 8.18. The Balaban J connectivity index is 2.49. The number of carbonyl (C=O) groups is 1. The molecule has 0 unspecified atom stereocenters. The van der Waals surface area contributed by atoms with E-state index in [1.165, 1.54) is 22.3 Å². The smallest absolute Gasteiger partial charge is 0.137 e. The number of ketones is 1. The Morgan fingerprint density at radius 1 is 1.00 bits per heavy atom. The molecule has 2 rings (SSSR count). The lowest BCUT2D eigenvalue weighted by atomic mass is 9.88. The highest BCUT2D eigenvalue weighted by Crippen LogP contribution is 2.22. The summed E-state index contributed by atoms with van der Waals surface area (Å²) >= 11 is 0. The lowest BCUT2D eigenvalue weighted by molar-refractivity contribution is -0.118. The Morgan fingerprint density at radius 3 is 2.31 bits per heavy atom. The van der Waals surface area contributed by atoms with Gasteiger partial charge in [0.25, 0.3) is 0 Å². The van der Waals surface area contributed by atoms with E-state index >= 15 is 0 Å². The van der Waals surface area contributed by atoms with Gasteiger partial charge in [-0.3, -0.25) is 4.79 Å². The zero-order chi connectivity index (χ0) is 9.42. The molecule has 1 heteroatoms. The summed E-state index contributed by atoms with van der Waals surface area (Å²) in [4.78, 5) is 11.2. The second-order valence-corrected chi connectivity index (χ2v) is 3.92. The van der Waals surface area contributed by atoms with Gasteiger partial charge < -0.3 is 0 Å². The average molecular weight is 174 g/mol. The Kier molecular flexibility index (Phi) is 1.95. The molecule has 0 atom stereocenters. The average Bonchev–Trinajstić information content (AvgIpc) is 2.08. The van der Waals surface area contributed by atoms with Crippen molar-refractivity contribution in [3.63, 3.8) is 0 Å². The minimum Gasteiger partial charge on any atom is -0.299 e. The van der Waals surface area contributed by atoms with E-state index in [9.17, 15) is 4.79 Å². The van der Waals surface area contributed by atoms with Crippen molar-refractivity contribution in [3.05, 3.63) is 34.4 Å². The lowest BCUT2D eigenvalue weighted by Crippen LogP contribution is -2.13. The van der Waals surface area contributed by atoms with Crippen molar-refractivity contribution in [1.29, 1.82) is 0 Å². The van der Waals surface area contributed by atoms with Crippen molar-refractivity contribution in [2.75, 3.05) is 0 Å². The fraction of sp³-hybridized carbons (Fsp3) is 0.417. The molecule has 0 aromatic heterocycles. The number of hydrogen-bond donors (Lipinski definition) is 0. The van der Waals surface area contributed by atoms with Crippen molar-refractivity contribution in [1.82, 2.24) is 0 Å². The minimum absolute atomic E-state index is 0.385. The van der Waals surface area contributed by atoms with Gasteiger partial charge in [-0.05, 0) is 42.5 Å². The summed E-state index contributed by atoms with van der Waals surface area (Å²) in [6.07, 6.45) is 2.32. The van der Waals surface area contributed by atoms with Gasteiger partial charge in [0.2, 0.25) is 0 Å². The molecule has 1 aliphatic rings. The van der Waals surface area contributed by atoms with Gasteiger partial charge in [0.15, 0.2) is 0 Å². The Morgan fingerprint density at radius 2 is 1.62 bits per heavy atom. The molecule has 0 bridgehead atoms. The Hall–Kier alpha value is -1.11. The number of hydrogen-bond acceptors (Lipinski definition) is 1. The van der Waals surface area contributed by atoms with Gasteiger partial charge in [-0.1, -0.05) is 12.1 Å². The maximum absolute atomic E-state index is 11.2. The standard InChI is InChI=1S/C12H14O/c1-8-5-10-3-4-12(13)7-11(10)6-9(8)2/h5-6H,3-4,7H2,1-2H3. The van der Waals surface area contributed by atoms with Gasteiger partial charge in [0.1, 0.15) is 5.78 Å². The van der Waals surface area contributed by atoms with Gasteiger partial charge in [-0.25, -0.2) is 0 Å². The van der Waals surface area contributed by atoms with E-state index in [2.05, 4.69) is 26.0 Å². The highest BCUT2D eigenvalue weighted by Gasteiger charge is 2.15. The summed E-state index contributed by atoms with van der Waals surface area (Å²) < 4.78 is 0. The largest absolute Gasteiger partial charge is 0.299 e. The highest BCUT2D eigenvalue weighted by atomic mass is 16.1. The number of rotatable bonds is 0. The summed E-state index contributed by atoms with van der Waals surface area (Å²) in [6.45, 7) is 4.24. The third kappa shape index (κ3) is 1.51. The van der Waals surface area contributed by atoms with E-state index < -0.39 is 0 Å². The van der Waals surface area contributed by atoms with E-state index in [-0.39, 0.29) is 0 Å². The molecular formula is C12H14O. The third-order valence-electron chi connectivity index (χ3n) is 2.88. The van der Waals surface area contributed by atoms with Crippen LogP contribution in [0.15, 0.2) is 12.1 Å². The molecular weight excluding hydrogens is 160 g/mol. The number of fused-ring (bicyclic) bond motifs is 1. The molecule has 1 aromatic rings. The fourth-order valence-corrected chi connectivity index (χ4v) is 1.91. The topological polar surface area (TPSA) is 17.1 Å². The molecule has 0 N–H and O–H groups in total. The van der Waals surface area contributed by atoms with Crippen LogP contribution in [0.3, 0.4) is 0 Å². The van der Waals surface area contributed by atoms with Gasteiger partial charge in [-0.15, -0.1) is 0 Å². The van der Waals surface area contributed by atoms with Crippen LogP contribution in [0.5, 0.6) is 0 Å². The number of Topliss-reactive ketones (excluding diaryl/α,β-unsaturated/α-hetero) is 1. The first kappa shape index (κ1) is 8.49. The molecule has 13 heavy (non-hydrogen) atoms. The van der Waals surface area contributed by atoms with Gasteiger partial charge in [-0.2, -0.15) is 0 Å². The van der Waals surface area contributed by atoms with Crippen LogP contribution >= 0.6 is 0 Å². The van der Waals surface area contributed by atoms with Crippen LogP contribution in [0.2, 0.25) is 0 Å². The van der Waals surface area contributed by atoms with E-state index in [0.29, 0.717) is 12.2 Å². The second kappa shape index (κ2) is 2.99. The van der Waals surface area contributed by atoms with Crippen LogP contribution in [0.1, 0.15) is 28.7 Å². The lowest BCUT2D eigenvalue weighted by Gasteiger charge is -2.16. The molecule has 68 valence electrons. The number of aryl methyl sites for hydroxylation is 3. The third-order valence-corrected chi connectivity index (χ3v) is 2.88. The van der Waals surface area contributed by atoms with E-state index in [4.69, 9.17) is 0 Å². The minimum atomic E-state index is 0.385. The molecule has 0 amide bonds. The van der Waals surface area contributed by atoms with Crippen LogP contribution < -0.4 is 0 Å². The predicted octanol–water partition coefficient (Wildman–Crippen LogP) is 2.36. The molecule has 0 saturated heterocycles. The molecule has 1 aliphatic carbocycles. The van der Waals surface area contributed by atoms with Crippen LogP contribution in [-0.4, -0.2) is 5.78 Å². The zero-order valence-electron chi connectivity index (χ0n) is 8.18. The monoisotopic (exact) mass is 174 g/mol. The quantitative estimate of drug-likeness (QED) is 0.590. The summed E-state index contributed by atoms with van der Waals surface area (Å²) in [6, 6.07) is 4.40. The molecule has 1 aromatic carbocycles. The first-order valence-electron chi connectivity index (χ1n) is 4.77. The van der Waals surface area contributed by atoms with Crippen molar-refractivity contribution < 1.29 is 4.79 Å². The first-order valence-corrected chi connectivity index (χ1v) is 4.77. The van der Waals surface area contributed by atoms with E-state index in [1.807, 2.05) is 0 Å². The first-order chi connectivity index (χ1) is 6.16. The van der Waals surface area contributed by atoms with Crippen LogP contribution in [0.25, 0.3) is 0 Å². The number of benzene rings is 1. The molecule has 0 aliphatic heterocycles. The summed E-state index contributed by atoms with van der Waals surface area (Å²) in [5.74, 6) is 0.385. The summed E-state index contributed by atoms with van der Waals surface area (Å²) in [5.41, 5.74) is 5.27. The van der Waals surface area contributed by atoms with E-state index in [0.717, 1.165) is 12.8 Å². The fourth-order valence-electron chi connectivity index (χ4n) is 1.91. The normalized spacial score (nSPS) is 15.7. The van der Waals surface area contributed by atoms with Gasteiger partial charge >= 0.3 is 0 Å². The van der Waals surface area contributed by atoms with Crippen LogP contribution in [-0.2, 0) is 17.6 Å². The summed E-state index contributed by atoms with van der Waals surface area (Å²) in [5, 5.41) is 0. The molecule has 0 spiro atoms. The molecule has 1 nitrogen and oxygen atoms in total. The van der Waals surface area contributed by atoms with Crippen molar-refractivity contribution in [2.24, 2.45) is 0 Å². The van der Waals surface area contributed by atoms with Crippen LogP contribution in [0, 0.1) is 13.8 Å². The molecule has 0 heterocycles. The van der Waals surface area contributed by atoms with Gasteiger partial charge in [0.05, 0.1) is 0 Å². The van der Waals surface area contributed by atoms with Crippen molar-refractivity contribution in [3.8, 4) is 0 Å². The molecule has 0 saturated carbocycles. The second-order valence-electron chi connectivity index (χ2n) is 3.92. The van der Waals surface area contributed by atoms with Crippen molar-refractivity contribution >= 4 is 5.78 Å². The molecule has 0 radical (unpaired) electrons. The Bertz CT molecular complexity index is 364. The van der Waals surface area contributed by atoms with Gasteiger partial charge in [0, 0.05) is 12.8 Å². The SMILES string of the molecule is Cc1cc2c(cc1C)CC(=O)CC2. The van der Waals surface area contributed by atoms with E-state index in [1.54, 1.807) is 0 Å². The van der Waals surface area contributed by atoms with Crippen molar-refractivity contribution in [2.45, 2.75) is 33.1 Å². The maximum Gasteiger partial charge on any atom is 0.137 e. The Labute approximate surface area is 78.8 Å². The molecule has 0 fully saturated rings. The summed E-state index contributed by atoms with van der Waals surface area (Å²) in [7, 11) is 0. The number of carbonyl (C=O) groups excluding carboxylic acids is 1.